The number of hydrogen-bond donors (Lipinski definition) is 3. The Morgan fingerprint density at radius 2 is 2.12 bits per heavy atom. The van der Waals surface area contributed by atoms with Crippen LogP contribution in [-0.4, -0.2) is 35.7 Å². The van der Waals surface area contributed by atoms with E-state index in [-0.39, 0.29) is 6.42 Å². The van der Waals surface area contributed by atoms with Gasteiger partial charge in [-0.2, -0.15) is 8.78 Å². The summed E-state index contributed by atoms with van der Waals surface area (Å²) in [6.07, 6.45) is -4.13. The molecule has 17 heavy (non-hydrogen) atoms. The highest BCUT2D eigenvalue weighted by Crippen LogP contribution is 2.37. The highest BCUT2D eigenvalue weighted by atomic mass is 19.3. The van der Waals surface area contributed by atoms with Crippen LogP contribution < -0.4 is 5.32 Å². The summed E-state index contributed by atoms with van der Waals surface area (Å²) in [5.41, 5.74) is -2.34. The Morgan fingerprint density at radius 3 is 2.59 bits per heavy atom. The molecular formula is C9H11F4N2O2+. The van der Waals surface area contributed by atoms with E-state index < -0.39 is 48.3 Å². The Kier molecular flexibility index (Phi) is 3.87. The Bertz CT molecular complexity index is 379. The number of nitrogens with one attached hydrogen (secondary N) is 1. The Labute approximate surface area is 93.8 Å². The standard InChI is InChI=1S/C9H10F4N2O2/c10-8(11)6(14)4-1-2-9(12,13)7(4)15-3-5(16)17/h8,14-15H,1-3H2,(H,16,17)/p+1. The highest BCUT2D eigenvalue weighted by Gasteiger charge is 2.47. The lowest BCUT2D eigenvalue weighted by molar-refractivity contribution is -0.610. The first-order valence-electron chi connectivity index (χ1n) is 4.79. The van der Waals surface area contributed by atoms with Gasteiger partial charge in [0.05, 0.1) is 0 Å². The van der Waals surface area contributed by atoms with Crippen molar-refractivity contribution in [1.29, 1.82) is 5.41 Å². The number of carboxylic acids is 1. The Balaban J connectivity index is 2.97. The molecule has 4 N–H and O–H groups in total. The van der Waals surface area contributed by atoms with Crippen molar-refractivity contribution >= 4 is 11.7 Å². The number of rotatable bonds is 5. The van der Waals surface area contributed by atoms with Gasteiger partial charge >= 0.3 is 11.9 Å². The van der Waals surface area contributed by atoms with E-state index in [9.17, 15) is 22.4 Å². The molecule has 0 aromatic rings. The molecule has 96 valence electrons. The number of carbonyl (C=O) groups is 1. The molecule has 0 saturated heterocycles. The fraction of sp³-hybridized carbons (Fsp3) is 0.556. The van der Waals surface area contributed by atoms with Crippen molar-refractivity contribution in [2.75, 3.05) is 6.54 Å². The maximum atomic E-state index is 13.3. The van der Waals surface area contributed by atoms with E-state index in [1.54, 1.807) is 0 Å². The van der Waals surface area contributed by atoms with Gasteiger partial charge in [-0.25, -0.2) is 13.6 Å². The molecule has 0 bridgehead atoms. The first-order valence-corrected chi connectivity index (χ1v) is 4.79. The molecule has 0 spiro atoms. The molecule has 0 aromatic heterocycles. The van der Waals surface area contributed by atoms with Gasteiger partial charge in [-0.3, -0.25) is 5.41 Å². The maximum Gasteiger partial charge on any atom is 0.359 e. The second kappa shape index (κ2) is 4.82. The van der Waals surface area contributed by atoms with E-state index in [0.717, 1.165) is 0 Å². The van der Waals surface area contributed by atoms with Crippen LogP contribution in [0, 0.1) is 5.41 Å². The summed E-state index contributed by atoms with van der Waals surface area (Å²) in [4.78, 5) is 10.3. The monoisotopic (exact) mass is 255 g/mol. The largest absolute Gasteiger partial charge is 0.477 e. The van der Waals surface area contributed by atoms with E-state index in [1.165, 1.54) is 0 Å². The lowest BCUT2D eigenvalue weighted by Crippen LogP contribution is -2.86. The lowest BCUT2D eigenvalue weighted by atomic mass is 10.1. The summed E-state index contributed by atoms with van der Waals surface area (Å²) in [6.45, 7) is -0.676. The molecule has 0 amide bonds. The van der Waals surface area contributed by atoms with Gasteiger partial charge in [0, 0.05) is 12.0 Å². The van der Waals surface area contributed by atoms with Crippen molar-refractivity contribution in [3.8, 4) is 0 Å². The van der Waals surface area contributed by atoms with Crippen LogP contribution in [0.1, 0.15) is 12.8 Å². The first-order chi connectivity index (χ1) is 7.75. The number of aliphatic carboxylic acids is 1. The van der Waals surface area contributed by atoms with Gasteiger partial charge < -0.3 is 10.4 Å². The molecule has 0 atom stereocenters. The molecule has 8 heteroatoms. The molecule has 0 fully saturated rings. The quantitative estimate of drug-likeness (QED) is 0.497. The molecule has 1 rings (SSSR count). The third kappa shape index (κ3) is 3.02. The molecule has 0 unspecified atom stereocenters. The van der Waals surface area contributed by atoms with E-state index >= 15 is 0 Å². The van der Waals surface area contributed by atoms with E-state index in [0.29, 0.717) is 5.32 Å². The van der Waals surface area contributed by atoms with Crippen LogP contribution in [-0.2, 0) is 4.79 Å². The van der Waals surface area contributed by atoms with Gasteiger partial charge in [0.15, 0.2) is 12.2 Å². The Morgan fingerprint density at radius 1 is 1.53 bits per heavy atom. The van der Waals surface area contributed by atoms with Crippen LogP contribution >= 0.6 is 0 Å². The summed E-state index contributed by atoms with van der Waals surface area (Å²) in [6, 6.07) is 0. The van der Waals surface area contributed by atoms with Crippen LogP contribution in [0.15, 0.2) is 11.3 Å². The van der Waals surface area contributed by atoms with Crippen molar-refractivity contribution in [3.05, 3.63) is 11.3 Å². The SMILES string of the molecule is N=C(C1=C([NH2+]CC(=O)O)C(F)(F)CC1)C(F)F. The second-order valence-corrected chi connectivity index (χ2v) is 3.61. The third-order valence-electron chi connectivity index (χ3n) is 2.43. The predicted molar refractivity (Wildman–Crippen MR) is 49.4 cm³/mol. The molecule has 0 heterocycles. The minimum Gasteiger partial charge on any atom is -0.477 e. The molecule has 4 nitrogen and oxygen atoms in total. The highest BCUT2D eigenvalue weighted by molar-refractivity contribution is 6.01. The van der Waals surface area contributed by atoms with Crippen molar-refractivity contribution in [3.63, 3.8) is 0 Å². The van der Waals surface area contributed by atoms with Crippen molar-refractivity contribution < 1.29 is 32.8 Å². The fourth-order valence-electron chi connectivity index (χ4n) is 1.65. The normalized spacial score (nSPS) is 18.9. The average molecular weight is 255 g/mol. The lowest BCUT2D eigenvalue weighted by Gasteiger charge is -2.11. The number of allylic oxidation sites excluding steroid dienone is 2. The van der Waals surface area contributed by atoms with Gasteiger partial charge in [-0.05, 0) is 6.42 Å². The zero-order valence-electron chi connectivity index (χ0n) is 8.64. The number of alkyl halides is 4. The minimum atomic E-state index is -3.33. The second-order valence-electron chi connectivity index (χ2n) is 3.61. The van der Waals surface area contributed by atoms with Crippen molar-refractivity contribution in [1.82, 2.24) is 0 Å². The molecule has 0 radical (unpaired) electrons. The molecule has 0 saturated carbocycles. The van der Waals surface area contributed by atoms with Gasteiger partial charge in [0.2, 0.25) is 0 Å². The molecule has 0 aliphatic heterocycles. The van der Waals surface area contributed by atoms with Crippen LogP contribution in [0.4, 0.5) is 17.6 Å². The van der Waals surface area contributed by atoms with Crippen molar-refractivity contribution in [2.45, 2.75) is 25.2 Å². The van der Waals surface area contributed by atoms with E-state index in [4.69, 9.17) is 10.5 Å². The van der Waals surface area contributed by atoms with Gasteiger partial charge in [0.1, 0.15) is 5.71 Å². The summed E-state index contributed by atoms with van der Waals surface area (Å²) in [7, 11) is 0. The smallest absolute Gasteiger partial charge is 0.359 e. The van der Waals surface area contributed by atoms with Crippen LogP contribution in [0.2, 0.25) is 0 Å². The van der Waals surface area contributed by atoms with Crippen molar-refractivity contribution in [2.24, 2.45) is 0 Å². The van der Waals surface area contributed by atoms with Crippen LogP contribution in [0.5, 0.6) is 0 Å². The topological polar surface area (TPSA) is 77.8 Å². The van der Waals surface area contributed by atoms with E-state index in [2.05, 4.69) is 0 Å². The summed E-state index contributed by atoms with van der Waals surface area (Å²) in [5.74, 6) is -4.66. The van der Waals surface area contributed by atoms with Gasteiger partial charge in [0.25, 0.3) is 6.43 Å². The number of quaternary nitrogens is 1. The predicted octanol–water partition coefficient (Wildman–Crippen LogP) is 0.602. The average Bonchev–Trinajstić information content (AvgIpc) is 2.49. The molecule has 1 aliphatic rings. The zero-order valence-corrected chi connectivity index (χ0v) is 8.64. The molecule has 1 aliphatic carbocycles. The van der Waals surface area contributed by atoms with Gasteiger partial charge in [-0.15, -0.1) is 0 Å². The Hall–Kier alpha value is -1.44. The first kappa shape index (κ1) is 13.6. The minimum absolute atomic E-state index is 0.332. The number of nitrogens with two attached hydrogens (primary N) is 1. The number of hydrogen-bond acceptors (Lipinski definition) is 2. The van der Waals surface area contributed by atoms with E-state index in [1.807, 2.05) is 0 Å². The summed E-state index contributed by atoms with van der Waals surface area (Å²) < 4.78 is 51.2. The maximum absolute atomic E-state index is 13.3. The summed E-state index contributed by atoms with van der Waals surface area (Å²) >= 11 is 0. The zero-order chi connectivity index (χ0) is 13.2. The van der Waals surface area contributed by atoms with Crippen LogP contribution in [0.25, 0.3) is 0 Å². The molecular weight excluding hydrogens is 244 g/mol. The summed E-state index contributed by atoms with van der Waals surface area (Å²) in [5, 5.41) is 16.1. The fourth-order valence-corrected chi connectivity index (χ4v) is 1.65. The van der Waals surface area contributed by atoms with Crippen LogP contribution in [0.3, 0.4) is 0 Å². The third-order valence-corrected chi connectivity index (χ3v) is 2.43. The number of carboxylic acid groups (broad SMARTS) is 1. The molecule has 0 aromatic carbocycles. The van der Waals surface area contributed by atoms with Gasteiger partial charge in [-0.1, -0.05) is 0 Å². The number of halogens is 4.